The van der Waals surface area contributed by atoms with Gasteiger partial charge in [-0.2, -0.15) is 0 Å². The van der Waals surface area contributed by atoms with Gasteiger partial charge >= 0.3 is 0 Å². The van der Waals surface area contributed by atoms with Crippen molar-refractivity contribution in [1.82, 2.24) is 20.1 Å². The van der Waals surface area contributed by atoms with E-state index in [9.17, 15) is 19.5 Å². The first-order valence-electron chi connectivity index (χ1n) is 11.4. The molecule has 1 fully saturated rings. The highest BCUT2D eigenvalue weighted by atomic mass is 32.1. The average Bonchev–Trinajstić information content (AvgIpc) is 3.36. The minimum Gasteiger partial charge on any atom is -0.391 e. The quantitative estimate of drug-likeness (QED) is 0.653. The molecule has 3 rings (SSSR count). The third kappa shape index (κ3) is 5.82. The van der Waals surface area contributed by atoms with Crippen LogP contribution in [0.4, 0.5) is 0 Å². The van der Waals surface area contributed by atoms with Crippen molar-refractivity contribution in [3.8, 4) is 10.4 Å². The van der Waals surface area contributed by atoms with Gasteiger partial charge in [0.2, 0.25) is 17.7 Å². The molecule has 1 aromatic carbocycles. The molecule has 2 aromatic rings. The van der Waals surface area contributed by atoms with E-state index in [1.807, 2.05) is 57.5 Å². The van der Waals surface area contributed by atoms with Crippen LogP contribution >= 0.6 is 11.3 Å². The molecule has 3 atom stereocenters. The fraction of sp³-hybridized carbons (Fsp3) is 0.520. The van der Waals surface area contributed by atoms with Crippen LogP contribution in [-0.4, -0.2) is 69.4 Å². The fourth-order valence-corrected chi connectivity index (χ4v) is 5.07. The Morgan fingerprint density at radius 1 is 1.26 bits per heavy atom. The first kappa shape index (κ1) is 25.8. The number of hydrogen-bond donors (Lipinski definition) is 2. The van der Waals surface area contributed by atoms with Gasteiger partial charge in [0, 0.05) is 33.5 Å². The van der Waals surface area contributed by atoms with E-state index in [1.54, 1.807) is 23.3 Å². The average molecular weight is 487 g/mol. The first-order valence-corrected chi connectivity index (χ1v) is 12.3. The molecule has 3 amide bonds. The van der Waals surface area contributed by atoms with Crippen molar-refractivity contribution >= 4 is 29.1 Å². The third-order valence-corrected chi connectivity index (χ3v) is 7.04. The summed E-state index contributed by atoms with van der Waals surface area (Å²) in [5.41, 5.74) is 4.31. The van der Waals surface area contributed by atoms with Gasteiger partial charge in [0.05, 0.1) is 22.2 Å². The molecular formula is C25H34N4O4S. The Morgan fingerprint density at radius 2 is 1.91 bits per heavy atom. The maximum atomic E-state index is 13.4. The highest BCUT2D eigenvalue weighted by molar-refractivity contribution is 7.13. The number of aryl methyl sites for hydroxylation is 1. The number of hydrogen-bond acceptors (Lipinski definition) is 6. The maximum absolute atomic E-state index is 13.4. The van der Waals surface area contributed by atoms with Gasteiger partial charge in [-0.3, -0.25) is 14.4 Å². The number of nitrogens with zero attached hydrogens (tertiary/aromatic N) is 3. The number of aliphatic hydroxyl groups excluding tert-OH is 1. The van der Waals surface area contributed by atoms with Crippen molar-refractivity contribution in [2.75, 3.05) is 13.6 Å². The first-order chi connectivity index (χ1) is 15.9. The third-order valence-electron chi connectivity index (χ3n) is 6.07. The number of benzene rings is 1. The van der Waals surface area contributed by atoms with E-state index in [0.717, 1.165) is 21.7 Å². The number of amides is 3. The highest BCUT2D eigenvalue weighted by Crippen LogP contribution is 2.29. The van der Waals surface area contributed by atoms with Crippen molar-refractivity contribution in [1.29, 1.82) is 0 Å². The number of likely N-dealkylation sites (N-methyl/N-ethyl adjacent to an activating group) is 1. The maximum Gasteiger partial charge on any atom is 0.246 e. The summed E-state index contributed by atoms with van der Waals surface area (Å²) in [6.07, 6.45) is -0.610. The monoisotopic (exact) mass is 486 g/mol. The topological polar surface area (TPSA) is 103 Å². The number of likely N-dealkylation sites (tertiary alicyclic amines) is 1. The Balaban J connectivity index is 1.73. The molecule has 0 unspecified atom stereocenters. The predicted molar refractivity (Wildman–Crippen MR) is 132 cm³/mol. The van der Waals surface area contributed by atoms with Gasteiger partial charge in [0.1, 0.15) is 12.1 Å². The van der Waals surface area contributed by atoms with E-state index in [1.165, 1.54) is 11.8 Å². The molecule has 1 aliphatic rings. The fourth-order valence-electron chi connectivity index (χ4n) is 4.26. The summed E-state index contributed by atoms with van der Waals surface area (Å²) in [6, 6.07) is 6.44. The minimum absolute atomic E-state index is 0.0676. The number of carbonyl (C=O) groups is 3. The summed E-state index contributed by atoms with van der Waals surface area (Å²) in [7, 11) is 1.70. The van der Waals surface area contributed by atoms with Gasteiger partial charge in [-0.1, -0.05) is 45.0 Å². The highest BCUT2D eigenvalue weighted by Gasteiger charge is 2.44. The second kappa shape index (κ2) is 10.2. The number of β-amino-alcohol motifs (C(OH)–C–C–N with tert-alkyl or cyclic N) is 1. The molecule has 1 saturated heterocycles. The van der Waals surface area contributed by atoms with Gasteiger partial charge in [0.25, 0.3) is 0 Å². The molecular weight excluding hydrogens is 452 g/mol. The van der Waals surface area contributed by atoms with Crippen molar-refractivity contribution in [3.05, 3.63) is 41.0 Å². The Bertz CT molecular complexity index is 1040. The molecule has 1 aliphatic heterocycles. The van der Waals surface area contributed by atoms with Crippen LogP contribution in [0.1, 0.15) is 45.4 Å². The molecule has 0 radical (unpaired) electrons. The summed E-state index contributed by atoms with van der Waals surface area (Å²) in [5.74, 6) is -0.900. The molecule has 0 saturated carbocycles. The van der Waals surface area contributed by atoms with Gasteiger partial charge in [-0.05, 0) is 23.5 Å². The van der Waals surface area contributed by atoms with Gasteiger partial charge in [-0.15, -0.1) is 11.3 Å². The summed E-state index contributed by atoms with van der Waals surface area (Å²) in [6.45, 7) is 9.37. The van der Waals surface area contributed by atoms with Crippen LogP contribution in [0.25, 0.3) is 10.4 Å². The summed E-state index contributed by atoms with van der Waals surface area (Å²) in [4.78, 5) is 46.8. The van der Waals surface area contributed by atoms with Gasteiger partial charge < -0.3 is 20.2 Å². The normalized spacial score (nSPS) is 19.1. The molecule has 0 bridgehead atoms. The Hall–Kier alpha value is -2.78. The summed E-state index contributed by atoms with van der Waals surface area (Å²) in [5, 5.41) is 13.0. The number of aromatic nitrogens is 1. The van der Waals surface area contributed by atoms with Crippen molar-refractivity contribution in [2.45, 2.75) is 65.8 Å². The van der Waals surface area contributed by atoms with Crippen LogP contribution in [0.5, 0.6) is 0 Å². The van der Waals surface area contributed by atoms with Crippen molar-refractivity contribution in [3.63, 3.8) is 0 Å². The molecule has 0 spiro atoms. The van der Waals surface area contributed by atoms with Crippen molar-refractivity contribution < 1.29 is 19.5 Å². The minimum atomic E-state index is -0.793. The molecule has 184 valence electrons. The van der Waals surface area contributed by atoms with Crippen LogP contribution < -0.4 is 5.32 Å². The van der Waals surface area contributed by atoms with E-state index in [0.29, 0.717) is 6.54 Å². The van der Waals surface area contributed by atoms with Crippen molar-refractivity contribution in [2.24, 2.45) is 5.41 Å². The largest absolute Gasteiger partial charge is 0.391 e. The van der Waals surface area contributed by atoms with Crippen LogP contribution in [0.15, 0.2) is 29.8 Å². The molecule has 0 aliphatic carbocycles. The van der Waals surface area contributed by atoms with Crippen LogP contribution in [0, 0.1) is 12.3 Å². The van der Waals surface area contributed by atoms with E-state index in [4.69, 9.17) is 0 Å². The molecule has 8 nitrogen and oxygen atoms in total. The lowest BCUT2D eigenvalue weighted by atomic mass is 9.85. The number of carbonyl (C=O) groups excluding carboxylic acids is 3. The number of nitrogens with one attached hydrogen (secondary N) is 1. The molecule has 2 heterocycles. The molecule has 1 aromatic heterocycles. The predicted octanol–water partition coefficient (Wildman–Crippen LogP) is 2.59. The van der Waals surface area contributed by atoms with E-state index >= 15 is 0 Å². The lowest BCUT2D eigenvalue weighted by Crippen LogP contribution is -2.57. The summed E-state index contributed by atoms with van der Waals surface area (Å²) < 4.78 is 0. The zero-order valence-corrected chi connectivity index (χ0v) is 21.5. The Morgan fingerprint density at radius 3 is 2.44 bits per heavy atom. The molecule has 2 N–H and O–H groups in total. The smallest absolute Gasteiger partial charge is 0.246 e. The lowest BCUT2D eigenvalue weighted by Gasteiger charge is -2.36. The lowest BCUT2D eigenvalue weighted by molar-refractivity contribution is -0.147. The van der Waals surface area contributed by atoms with Gasteiger partial charge in [0.15, 0.2) is 0 Å². The number of thiazole rings is 1. The Kier molecular flexibility index (Phi) is 7.77. The number of aliphatic hydroxyl groups is 1. The standard InChI is InChI=1S/C25H34N4O4S/c1-15-21(34-14-26-15)18-9-7-17(8-10-18)12-28(6)23(32)20-11-19(31)13-29(20)24(33)22(25(3,4)5)27-16(2)30/h7-10,14,19-20,22,31H,11-13H2,1-6H3,(H,27,30)/t19-,20+,22-/m1/s1. The second-order valence-electron chi connectivity index (χ2n) is 10.1. The summed E-state index contributed by atoms with van der Waals surface area (Å²) >= 11 is 1.59. The van der Waals surface area contributed by atoms with Crippen LogP contribution in [-0.2, 0) is 20.9 Å². The SMILES string of the molecule is CC(=O)N[C@H](C(=O)N1C[C@H](O)C[C@H]1C(=O)N(C)Cc1ccc(-c2scnc2C)cc1)C(C)(C)C. The van der Waals surface area contributed by atoms with E-state index < -0.39 is 23.6 Å². The van der Waals surface area contributed by atoms with Gasteiger partial charge in [-0.25, -0.2) is 4.98 Å². The zero-order chi connectivity index (χ0) is 25.2. The molecule has 34 heavy (non-hydrogen) atoms. The Labute approximate surface area is 205 Å². The molecule has 9 heteroatoms. The zero-order valence-electron chi connectivity index (χ0n) is 20.7. The number of rotatable bonds is 6. The van der Waals surface area contributed by atoms with E-state index in [-0.39, 0.29) is 30.7 Å². The van der Waals surface area contributed by atoms with E-state index in [2.05, 4.69) is 10.3 Å². The van der Waals surface area contributed by atoms with Crippen LogP contribution in [0.3, 0.4) is 0 Å². The second-order valence-corrected chi connectivity index (χ2v) is 10.9. The van der Waals surface area contributed by atoms with Crippen LogP contribution in [0.2, 0.25) is 0 Å².